The number of hydrogen-bond donors (Lipinski definition) is 0. The Morgan fingerprint density at radius 1 is 1.50 bits per heavy atom. The largest absolute Gasteiger partial charge is 0.406 e. The second-order valence-electron chi connectivity index (χ2n) is 2.55. The van der Waals surface area contributed by atoms with Gasteiger partial charge < -0.3 is 4.90 Å². The van der Waals surface area contributed by atoms with E-state index < -0.39 is 18.6 Å². The first-order chi connectivity index (χ1) is 6.40. The molecule has 0 radical (unpaired) electrons. The van der Waals surface area contributed by atoms with E-state index in [0.717, 1.165) is 4.90 Å². The van der Waals surface area contributed by atoms with Crippen molar-refractivity contribution < 1.29 is 18.0 Å². The Labute approximate surface area is 89.8 Å². The summed E-state index contributed by atoms with van der Waals surface area (Å²) in [5.41, 5.74) is 0. The third-order valence-electron chi connectivity index (χ3n) is 1.35. The van der Waals surface area contributed by atoms with Crippen LogP contribution in [0.1, 0.15) is 0 Å². The summed E-state index contributed by atoms with van der Waals surface area (Å²) in [6.07, 6.45) is -2.70. The smallest absolute Gasteiger partial charge is 0.332 e. The number of rotatable bonds is 5. The van der Waals surface area contributed by atoms with Crippen LogP contribution >= 0.6 is 23.4 Å². The summed E-state index contributed by atoms with van der Waals surface area (Å²) in [5.74, 6) is -0.473. The molecule has 0 aromatic carbocycles. The SMILES string of the molecule is CSCC(=O)N(CCCl)CC(F)(F)F. The lowest BCUT2D eigenvalue weighted by Crippen LogP contribution is -2.41. The van der Waals surface area contributed by atoms with E-state index in [4.69, 9.17) is 11.6 Å². The molecule has 0 heterocycles. The van der Waals surface area contributed by atoms with Crippen molar-refractivity contribution in [3.63, 3.8) is 0 Å². The molecule has 2 nitrogen and oxygen atoms in total. The Morgan fingerprint density at radius 3 is 2.43 bits per heavy atom. The predicted octanol–water partition coefficient (Wildman–Crippen LogP) is 1.98. The van der Waals surface area contributed by atoms with Crippen molar-refractivity contribution in [1.82, 2.24) is 4.90 Å². The van der Waals surface area contributed by atoms with E-state index in [-0.39, 0.29) is 18.2 Å². The molecular formula is C7H11ClF3NOS. The van der Waals surface area contributed by atoms with Gasteiger partial charge in [-0.25, -0.2) is 0 Å². The van der Waals surface area contributed by atoms with Gasteiger partial charge in [0.05, 0.1) is 5.75 Å². The van der Waals surface area contributed by atoms with Gasteiger partial charge in [-0.05, 0) is 6.26 Å². The Balaban J connectivity index is 4.21. The highest BCUT2D eigenvalue weighted by Gasteiger charge is 2.32. The molecule has 0 rings (SSSR count). The molecule has 0 fully saturated rings. The minimum absolute atomic E-state index is 0.0101. The summed E-state index contributed by atoms with van der Waals surface area (Å²) < 4.78 is 36.0. The first kappa shape index (κ1) is 13.9. The molecule has 0 spiro atoms. The molecule has 1 amide bonds. The van der Waals surface area contributed by atoms with Crippen LogP contribution in [0, 0.1) is 0 Å². The number of carbonyl (C=O) groups is 1. The van der Waals surface area contributed by atoms with Crippen LogP contribution in [0.5, 0.6) is 0 Å². The highest BCUT2D eigenvalue weighted by molar-refractivity contribution is 7.99. The van der Waals surface area contributed by atoms with Gasteiger partial charge in [-0.1, -0.05) is 0 Å². The fourth-order valence-corrected chi connectivity index (χ4v) is 1.46. The van der Waals surface area contributed by atoms with Gasteiger partial charge in [-0.2, -0.15) is 24.9 Å². The summed E-state index contributed by atoms with van der Waals surface area (Å²) in [4.78, 5) is 11.9. The molecule has 0 aliphatic carbocycles. The topological polar surface area (TPSA) is 20.3 Å². The van der Waals surface area contributed by atoms with E-state index in [2.05, 4.69) is 0 Å². The molecule has 84 valence electrons. The molecule has 0 saturated carbocycles. The van der Waals surface area contributed by atoms with Crippen LogP contribution < -0.4 is 0 Å². The van der Waals surface area contributed by atoms with Crippen molar-refractivity contribution >= 4 is 29.3 Å². The first-order valence-corrected chi connectivity index (χ1v) is 5.73. The number of amides is 1. The number of hydrogen-bond acceptors (Lipinski definition) is 2. The molecule has 0 unspecified atom stereocenters. The predicted molar refractivity (Wildman–Crippen MR) is 51.7 cm³/mol. The van der Waals surface area contributed by atoms with Crippen LogP contribution in [0.25, 0.3) is 0 Å². The van der Waals surface area contributed by atoms with Crippen LogP contribution in [0.2, 0.25) is 0 Å². The Kier molecular flexibility index (Phi) is 6.35. The number of nitrogens with zero attached hydrogens (tertiary/aromatic N) is 1. The van der Waals surface area contributed by atoms with Gasteiger partial charge in [0.1, 0.15) is 6.54 Å². The van der Waals surface area contributed by atoms with Crippen LogP contribution in [0.4, 0.5) is 13.2 Å². The van der Waals surface area contributed by atoms with E-state index in [9.17, 15) is 18.0 Å². The Morgan fingerprint density at radius 2 is 2.07 bits per heavy atom. The van der Waals surface area contributed by atoms with Gasteiger partial charge in [0.25, 0.3) is 0 Å². The zero-order valence-electron chi connectivity index (χ0n) is 7.60. The molecule has 0 aromatic heterocycles. The van der Waals surface area contributed by atoms with Gasteiger partial charge >= 0.3 is 6.18 Å². The van der Waals surface area contributed by atoms with Gasteiger partial charge in [0.15, 0.2) is 0 Å². The lowest BCUT2D eigenvalue weighted by molar-refractivity contribution is -0.159. The summed E-state index contributed by atoms with van der Waals surface area (Å²) in [6, 6.07) is 0. The standard InChI is InChI=1S/C7H11ClF3NOS/c1-14-4-6(13)12(3-2-8)5-7(9,10)11/h2-5H2,1H3. The van der Waals surface area contributed by atoms with Crippen LogP contribution in [0.3, 0.4) is 0 Å². The normalized spacial score (nSPS) is 11.5. The molecule has 0 aliphatic heterocycles. The van der Waals surface area contributed by atoms with Crippen molar-refractivity contribution in [2.45, 2.75) is 6.18 Å². The van der Waals surface area contributed by atoms with Gasteiger partial charge in [-0.3, -0.25) is 4.79 Å². The monoisotopic (exact) mass is 249 g/mol. The maximum Gasteiger partial charge on any atom is 0.406 e. The van der Waals surface area contributed by atoms with E-state index in [1.54, 1.807) is 6.26 Å². The maximum atomic E-state index is 12.0. The Hall–Kier alpha value is -0.100. The lowest BCUT2D eigenvalue weighted by Gasteiger charge is -2.22. The van der Waals surface area contributed by atoms with Gasteiger partial charge in [-0.15, -0.1) is 11.6 Å². The minimum Gasteiger partial charge on any atom is -0.332 e. The van der Waals surface area contributed by atoms with Crippen LogP contribution in [-0.2, 0) is 4.79 Å². The highest BCUT2D eigenvalue weighted by Crippen LogP contribution is 2.17. The highest BCUT2D eigenvalue weighted by atomic mass is 35.5. The first-order valence-electron chi connectivity index (χ1n) is 3.80. The third-order valence-corrected chi connectivity index (χ3v) is 2.05. The lowest BCUT2D eigenvalue weighted by atomic mass is 10.4. The molecule has 0 aromatic rings. The van der Waals surface area contributed by atoms with Crippen molar-refractivity contribution in [1.29, 1.82) is 0 Å². The maximum absolute atomic E-state index is 12.0. The van der Waals surface area contributed by atoms with E-state index in [1.807, 2.05) is 0 Å². The van der Waals surface area contributed by atoms with Crippen molar-refractivity contribution in [3.8, 4) is 0 Å². The molecule has 14 heavy (non-hydrogen) atoms. The summed E-state index contributed by atoms with van der Waals surface area (Å²) in [5, 5.41) is 0. The molecule has 7 heteroatoms. The zero-order valence-corrected chi connectivity index (χ0v) is 9.18. The molecular weight excluding hydrogens is 239 g/mol. The molecule has 0 saturated heterocycles. The second kappa shape index (κ2) is 6.40. The molecule has 0 atom stereocenters. The van der Waals surface area contributed by atoms with Crippen molar-refractivity contribution in [2.24, 2.45) is 0 Å². The van der Waals surface area contributed by atoms with Crippen molar-refractivity contribution in [2.75, 3.05) is 31.0 Å². The number of carbonyl (C=O) groups excluding carboxylic acids is 1. The number of alkyl halides is 4. The van der Waals surface area contributed by atoms with Gasteiger partial charge in [0, 0.05) is 12.4 Å². The fourth-order valence-electron chi connectivity index (χ4n) is 0.825. The second-order valence-corrected chi connectivity index (χ2v) is 3.80. The average molecular weight is 250 g/mol. The third kappa shape index (κ3) is 6.37. The zero-order chi connectivity index (χ0) is 11.2. The fraction of sp³-hybridized carbons (Fsp3) is 0.857. The quantitative estimate of drug-likeness (QED) is 0.695. The van der Waals surface area contributed by atoms with Gasteiger partial charge in [0.2, 0.25) is 5.91 Å². The van der Waals surface area contributed by atoms with E-state index in [0.29, 0.717) is 0 Å². The molecule has 0 N–H and O–H groups in total. The molecule has 0 aliphatic rings. The summed E-state index contributed by atoms with van der Waals surface area (Å²) in [6.45, 7) is -1.29. The van der Waals surface area contributed by atoms with E-state index >= 15 is 0 Å². The Bertz CT molecular complexity index is 188. The number of thioether (sulfide) groups is 1. The van der Waals surface area contributed by atoms with E-state index in [1.165, 1.54) is 11.8 Å². The molecule has 0 bridgehead atoms. The minimum atomic E-state index is -4.36. The number of halogens is 4. The average Bonchev–Trinajstić information content (AvgIpc) is 2.01. The van der Waals surface area contributed by atoms with Crippen molar-refractivity contribution in [3.05, 3.63) is 0 Å². The van der Waals surface area contributed by atoms with Crippen LogP contribution in [-0.4, -0.2) is 48.0 Å². The summed E-state index contributed by atoms with van der Waals surface area (Å²) in [7, 11) is 0. The van der Waals surface area contributed by atoms with Crippen LogP contribution in [0.15, 0.2) is 0 Å². The summed E-state index contributed by atoms with van der Waals surface area (Å²) >= 11 is 6.49.